The van der Waals surface area contributed by atoms with Gasteiger partial charge in [-0.3, -0.25) is 4.98 Å². The van der Waals surface area contributed by atoms with Crippen molar-refractivity contribution < 1.29 is 4.74 Å². The minimum absolute atomic E-state index is 0.168. The predicted octanol–water partition coefficient (Wildman–Crippen LogP) is 4.82. The Hall–Kier alpha value is -2.68. The number of fused-ring (bicyclic) bond motifs is 1. The van der Waals surface area contributed by atoms with Crippen LogP contribution >= 0.6 is 0 Å². The molecule has 1 atom stereocenters. The molecule has 1 aromatic heterocycles. The Balaban J connectivity index is 1.64. The quantitative estimate of drug-likeness (QED) is 0.665. The van der Waals surface area contributed by atoms with Crippen LogP contribution in [0.2, 0.25) is 0 Å². The van der Waals surface area contributed by atoms with Crippen molar-refractivity contribution in [1.29, 1.82) is 0 Å². The molecular weight excluding hydrogens is 320 g/mol. The Morgan fingerprint density at radius 1 is 1.00 bits per heavy atom. The molecule has 0 radical (unpaired) electrons. The second kappa shape index (κ2) is 7.28. The third-order valence-electron chi connectivity index (χ3n) is 4.65. The number of rotatable bonds is 5. The van der Waals surface area contributed by atoms with Gasteiger partial charge in [0.2, 0.25) is 5.90 Å². The van der Waals surface area contributed by atoms with Gasteiger partial charge in [-0.2, -0.15) is 0 Å². The maximum Gasteiger partial charge on any atom is 0.218 e. The monoisotopic (exact) mass is 344 g/mol. The molecule has 3 nitrogen and oxygen atoms in total. The van der Waals surface area contributed by atoms with Crippen molar-refractivity contribution in [3.63, 3.8) is 0 Å². The van der Waals surface area contributed by atoms with Crippen LogP contribution in [-0.2, 0) is 17.6 Å². The molecule has 0 amide bonds. The van der Waals surface area contributed by atoms with Crippen molar-refractivity contribution in [1.82, 2.24) is 4.98 Å². The fourth-order valence-corrected chi connectivity index (χ4v) is 3.45. The summed E-state index contributed by atoms with van der Waals surface area (Å²) in [6, 6.07) is 21.1. The van der Waals surface area contributed by atoms with Gasteiger partial charge < -0.3 is 4.74 Å². The lowest BCUT2D eigenvalue weighted by atomic mass is 10.0. The smallest absolute Gasteiger partial charge is 0.218 e. The summed E-state index contributed by atoms with van der Waals surface area (Å²) in [5, 5.41) is 1.13. The van der Waals surface area contributed by atoms with Crippen molar-refractivity contribution in [2.24, 2.45) is 10.9 Å². The van der Waals surface area contributed by atoms with Crippen molar-refractivity contribution in [3.05, 3.63) is 77.5 Å². The number of para-hydroxylation sites is 1. The fraction of sp³-hybridized carbons (Fsp3) is 0.304. The lowest BCUT2D eigenvalue weighted by molar-refractivity contribution is 0.317. The highest BCUT2D eigenvalue weighted by molar-refractivity contribution is 6.06. The van der Waals surface area contributed by atoms with E-state index in [1.807, 2.05) is 6.07 Å². The largest absolute Gasteiger partial charge is 0.475 e. The van der Waals surface area contributed by atoms with Crippen LogP contribution in [0, 0.1) is 5.92 Å². The third-order valence-corrected chi connectivity index (χ3v) is 4.65. The Morgan fingerprint density at radius 3 is 2.65 bits per heavy atom. The Labute approximate surface area is 154 Å². The van der Waals surface area contributed by atoms with Gasteiger partial charge in [0, 0.05) is 11.1 Å². The second-order valence-corrected chi connectivity index (χ2v) is 7.37. The van der Waals surface area contributed by atoms with E-state index >= 15 is 0 Å². The molecule has 3 heteroatoms. The van der Waals surface area contributed by atoms with E-state index in [2.05, 4.69) is 68.4 Å². The van der Waals surface area contributed by atoms with Crippen molar-refractivity contribution >= 4 is 16.8 Å². The minimum atomic E-state index is 0.168. The number of aromatic nitrogens is 1. The van der Waals surface area contributed by atoms with E-state index in [-0.39, 0.29) is 6.04 Å². The van der Waals surface area contributed by atoms with Crippen molar-refractivity contribution in [2.75, 3.05) is 6.61 Å². The first-order valence-corrected chi connectivity index (χ1v) is 9.32. The van der Waals surface area contributed by atoms with Crippen LogP contribution in [0.25, 0.3) is 10.9 Å². The first-order chi connectivity index (χ1) is 12.7. The summed E-state index contributed by atoms with van der Waals surface area (Å²) in [4.78, 5) is 9.76. The van der Waals surface area contributed by atoms with E-state index in [0.29, 0.717) is 12.5 Å². The topological polar surface area (TPSA) is 34.5 Å². The predicted molar refractivity (Wildman–Crippen MR) is 107 cm³/mol. The highest BCUT2D eigenvalue weighted by atomic mass is 16.5. The molecule has 0 saturated carbocycles. The number of ether oxygens (including phenoxy) is 1. The van der Waals surface area contributed by atoms with E-state index < -0.39 is 0 Å². The molecule has 2 heterocycles. The lowest BCUT2D eigenvalue weighted by Crippen LogP contribution is -2.09. The number of pyridine rings is 1. The molecule has 1 aliphatic heterocycles. The van der Waals surface area contributed by atoms with Gasteiger partial charge in [-0.1, -0.05) is 62.4 Å². The standard InChI is InChI=1S/C23H24N2O/c1-16(2)13-19-12-11-18-9-6-10-21(22(18)24-19)23-25-20(15-26-23)14-17-7-4-3-5-8-17/h3-12,16,20H,13-15H2,1-2H3/t20-/m0/s1. The molecule has 132 valence electrons. The molecule has 0 unspecified atom stereocenters. The molecule has 0 fully saturated rings. The summed E-state index contributed by atoms with van der Waals surface area (Å²) in [7, 11) is 0. The third kappa shape index (κ3) is 3.62. The van der Waals surface area contributed by atoms with Gasteiger partial charge in [0.25, 0.3) is 0 Å². The molecule has 26 heavy (non-hydrogen) atoms. The first-order valence-electron chi connectivity index (χ1n) is 9.32. The maximum absolute atomic E-state index is 5.96. The summed E-state index contributed by atoms with van der Waals surface area (Å²) >= 11 is 0. The van der Waals surface area contributed by atoms with Crippen LogP contribution in [0.1, 0.15) is 30.7 Å². The number of aliphatic imine (C=N–C) groups is 1. The van der Waals surface area contributed by atoms with E-state index in [0.717, 1.165) is 40.9 Å². The molecule has 3 aromatic rings. The number of hydrogen-bond acceptors (Lipinski definition) is 3. The lowest BCUT2D eigenvalue weighted by Gasteiger charge is -2.09. The minimum Gasteiger partial charge on any atom is -0.475 e. The van der Waals surface area contributed by atoms with Crippen LogP contribution in [0.5, 0.6) is 0 Å². The summed E-state index contributed by atoms with van der Waals surface area (Å²) < 4.78 is 5.96. The van der Waals surface area contributed by atoms with Crippen LogP contribution in [0.4, 0.5) is 0 Å². The molecular formula is C23H24N2O. The molecule has 0 bridgehead atoms. The van der Waals surface area contributed by atoms with Gasteiger partial charge in [-0.25, -0.2) is 4.99 Å². The molecule has 0 saturated heterocycles. The normalized spacial score (nSPS) is 16.7. The van der Waals surface area contributed by atoms with Crippen LogP contribution in [0.15, 0.2) is 65.7 Å². The number of hydrogen-bond donors (Lipinski definition) is 0. The molecule has 1 aliphatic rings. The second-order valence-electron chi connectivity index (χ2n) is 7.37. The van der Waals surface area contributed by atoms with Gasteiger partial charge in [0.05, 0.1) is 17.1 Å². The molecule has 0 aliphatic carbocycles. The summed E-state index contributed by atoms with van der Waals surface area (Å²) in [5.41, 5.74) is 4.41. The number of nitrogens with zero attached hydrogens (tertiary/aromatic N) is 2. The van der Waals surface area contributed by atoms with Crippen molar-refractivity contribution in [3.8, 4) is 0 Å². The van der Waals surface area contributed by atoms with Crippen LogP contribution in [0.3, 0.4) is 0 Å². The maximum atomic E-state index is 5.96. The first kappa shape index (κ1) is 16.8. The van der Waals surface area contributed by atoms with Gasteiger partial charge in [0.15, 0.2) is 0 Å². The van der Waals surface area contributed by atoms with Gasteiger partial charge in [-0.15, -0.1) is 0 Å². The van der Waals surface area contributed by atoms with E-state index in [9.17, 15) is 0 Å². The summed E-state index contributed by atoms with van der Waals surface area (Å²) in [6.45, 7) is 5.07. The van der Waals surface area contributed by atoms with Crippen LogP contribution in [-0.4, -0.2) is 23.5 Å². The summed E-state index contributed by atoms with van der Waals surface area (Å²) in [6.07, 6.45) is 1.88. The van der Waals surface area contributed by atoms with Crippen molar-refractivity contribution in [2.45, 2.75) is 32.7 Å². The van der Waals surface area contributed by atoms with Gasteiger partial charge in [0.1, 0.15) is 6.61 Å². The highest BCUT2D eigenvalue weighted by Gasteiger charge is 2.22. The fourth-order valence-electron chi connectivity index (χ4n) is 3.45. The van der Waals surface area contributed by atoms with Gasteiger partial charge >= 0.3 is 0 Å². The molecule has 4 rings (SSSR count). The van der Waals surface area contributed by atoms with Gasteiger partial charge in [-0.05, 0) is 36.5 Å². The molecule has 2 aromatic carbocycles. The zero-order chi connectivity index (χ0) is 17.9. The summed E-state index contributed by atoms with van der Waals surface area (Å²) in [5.74, 6) is 1.31. The van der Waals surface area contributed by atoms with Crippen LogP contribution < -0.4 is 0 Å². The molecule has 0 spiro atoms. The highest BCUT2D eigenvalue weighted by Crippen LogP contribution is 2.23. The SMILES string of the molecule is CC(C)Cc1ccc2cccc(C3=N[C@@H](Cc4ccccc4)CO3)c2n1. The Morgan fingerprint density at radius 2 is 1.85 bits per heavy atom. The molecule has 0 N–H and O–H groups in total. The average molecular weight is 344 g/mol. The average Bonchev–Trinajstić information content (AvgIpc) is 3.10. The zero-order valence-electron chi connectivity index (χ0n) is 15.4. The number of benzene rings is 2. The van der Waals surface area contributed by atoms with E-state index in [4.69, 9.17) is 14.7 Å². The Bertz CT molecular complexity index is 931. The zero-order valence-corrected chi connectivity index (χ0v) is 15.4. The van der Waals surface area contributed by atoms with E-state index in [1.165, 1.54) is 5.56 Å². The van der Waals surface area contributed by atoms with E-state index in [1.54, 1.807) is 0 Å². The Kier molecular flexibility index (Phi) is 4.70.